The number of primary amides is 1. The zero-order chi connectivity index (χ0) is 22.5. The van der Waals surface area contributed by atoms with E-state index in [1.165, 1.54) is 42.6 Å². The lowest BCUT2D eigenvalue weighted by Gasteiger charge is -2.10. The average molecular weight is 445 g/mol. The van der Waals surface area contributed by atoms with E-state index < -0.39 is 21.6 Å². The summed E-state index contributed by atoms with van der Waals surface area (Å²) < 4.78 is 31.2. The molecule has 0 radical (unpaired) electrons. The van der Waals surface area contributed by atoms with Gasteiger partial charge in [0.1, 0.15) is 16.3 Å². The SMILES string of the molecule is NC(=O)c1ccnc2[nH]c(=O)c3ccc(OS(=O)(=O)c4ccc5ccccc5c4)cc3c12. The Bertz CT molecular complexity index is 1730. The van der Waals surface area contributed by atoms with Gasteiger partial charge in [0, 0.05) is 22.4 Å². The van der Waals surface area contributed by atoms with Crippen molar-refractivity contribution in [2.45, 2.75) is 4.90 Å². The Kier molecular flexibility index (Phi) is 4.42. The lowest BCUT2D eigenvalue weighted by molar-refractivity contribution is 0.100. The Hall–Kier alpha value is -4.24. The maximum atomic E-state index is 12.9. The van der Waals surface area contributed by atoms with Crippen molar-refractivity contribution >= 4 is 48.6 Å². The fraction of sp³-hybridized carbons (Fsp3) is 0. The monoisotopic (exact) mass is 445 g/mol. The maximum absolute atomic E-state index is 12.9. The van der Waals surface area contributed by atoms with E-state index in [0.29, 0.717) is 10.8 Å². The van der Waals surface area contributed by atoms with E-state index in [1.54, 1.807) is 12.1 Å². The van der Waals surface area contributed by atoms with Crippen molar-refractivity contribution in [3.8, 4) is 5.75 Å². The molecule has 3 aromatic carbocycles. The minimum atomic E-state index is -4.16. The van der Waals surface area contributed by atoms with E-state index in [4.69, 9.17) is 9.92 Å². The smallest absolute Gasteiger partial charge is 0.339 e. The minimum Gasteiger partial charge on any atom is -0.379 e. The van der Waals surface area contributed by atoms with Crippen LogP contribution in [0.1, 0.15) is 10.4 Å². The molecule has 0 saturated heterocycles. The van der Waals surface area contributed by atoms with Gasteiger partial charge in [-0.2, -0.15) is 8.42 Å². The molecular weight excluding hydrogens is 430 g/mol. The maximum Gasteiger partial charge on any atom is 0.339 e. The van der Waals surface area contributed by atoms with Crippen LogP contribution in [0.4, 0.5) is 0 Å². The number of carbonyl (C=O) groups is 1. The van der Waals surface area contributed by atoms with E-state index >= 15 is 0 Å². The number of nitrogens with one attached hydrogen (secondary N) is 1. The van der Waals surface area contributed by atoms with Gasteiger partial charge < -0.3 is 14.9 Å². The summed E-state index contributed by atoms with van der Waals surface area (Å²) in [5, 5.41) is 2.50. The highest BCUT2D eigenvalue weighted by atomic mass is 32.2. The molecule has 5 rings (SSSR count). The predicted molar refractivity (Wildman–Crippen MR) is 120 cm³/mol. The van der Waals surface area contributed by atoms with E-state index in [-0.39, 0.29) is 27.2 Å². The van der Waals surface area contributed by atoms with Gasteiger partial charge in [0.25, 0.3) is 5.56 Å². The van der Waals surface area contributed by atoms with Gasteiger partial charge in [-0.3, -0.25) is 9.59 Å². The summed E-state index contributed by atoms with van der Waals surface area (Å²) in [6, 6.07) is 17.7. The third kappa shape index (κ3) is 3.25. The summed E-state index contributed by atoms with van der Waals surface area (Å²) in [6.45, 7) is 0. The molecule has 32 heavy (non-hydrogen) atoms. The molecule has 5 aromatic rings. The predicted octanol–water partition coefficient (Wildman–Crippen LogP) is 3.10. The molecule has 0 fully saturated rings. The van der Waals surface area contributed by atoms with Gasteiger partial charge in [-0.25, -0.2) is 4.98 Å². The summed E-state index contributed by atoms with van der Waals surface area (Å²) in [5.41, 5.74) is 5.35. The van der Waals surface area contributed by atoms with E-state index in [9.17, 15) is 18.0 Å². The number of hydrogen-bond donors (Lipinski definition) is 2. The van der Waals surface area contributed by atoms with Gasteiger partial charge in [-0.15, -0.1) is 0 Å². The lowest BCUT2D eigenvalue weighted by atomic mass is 10.0. The number of aromatic nitrogens is 2. The second kappa shape index (κ2) is 7.17. The van der Waals surface area contributed by atoms with Crippen molar-refractivity contribution in [1.29, 1.82) is 0 Å². The number of aromatic amines is 1. The largest absolute Gasteiger partial charge is 0.379 e. The van der Waals surface area contributed by atoms with Crippen molar-refractivity contribution in [2.75, 3.05) is 0 Å². The highest BCUT2D eigenvalue weighted by molar-refractivity contribution is 7.87. The molecule has 0 unspecified atom stereocenters. The molecule has 158 valence electrons. The fourth-order valence-electron chi connectivity index (χ4n) is 3.69. The third-order valence-electron chi connectivity index (χ3n) is 5.17. The summed E-state index contributed by atoms with van der Waals surface area (Å²) in [6.07, 6.45) is 1.36. The highest BCUT2D eigenvalue weighted by Gasteiger charge is 2.19. The number of rotatable bonds is 4. The summed E-state index contributed by atoms with van der Waals surface area (Å²) in [4.78, 5) is 31.1. The van der Waals surface area contributed by atoms with Crippen LogP contribution in [-0.4, -0.2) is 24.3 Å². The summed E-state index contributed by atoms with van der Waals surface area (Å²) in [5.74, 6) is -0.724. The first kappa shape index (κ1) is 19.7. The van der Waals surface area contributed by atoms with Crippen molar-refractivity contribution in [2.24, 2.45) is 5.73 Å². The first-order valence-corrected chi connectivity index (χ1v) is 10.9. The van der Waals surface area contributed by atoms with Crippen molar-refractivity contribution in [1.82, 2.24) is 9.97 Å². The molecule has 0 saturated carbocycles. The molecule has 0 aliphatic heterocycles. The van der Waals surface area contributed by atoms with Gasteiger partial charge in [0.15, 0.2) is 0 Å². The number of amides is 1. The van der Waals surface area contributed by atoms with Gasteiger partial charge in [0.2, 0.25) is 5.91 Å². The fourth-order valence-corrected chi connectivity index (χ4v) is 4.65. The Labute approximate surface area is 181 Å². The molecular formula is C23H15N3O5S. The second-order valence-corrected chi connectivity index (χ2v) is 8.70. The van der Waals surface area contributed by atoms with Crippen LogP contribution in [0.25, 0.3) is 32.6 Å². The minimum absolute atomic E-state index is 0.00782. The van der Waals surface area contributed by atoms with Crippen LogP contribution in [0.3, 0.4) is 0 Å². The normalized spacial score (nSPS) is 11.8. The number of hydrogen-bond acceptors (Lipinski definition) is 6. The molecule has 0 atom stereocenters. The standard InChI is InChI=1S/C23H15N3O5S/c24-21(27)18-9-10-25-22-20(18)19-12-15(6-8-17(19)23(28)26-22)31-32(29,30)16-7-5-13-3-1-2-4-14(13)11-16/h1-12H,(H2,24,27)(H,25,26,28). The van der Waals surface area contributed by atoms with Crippen LogP contribution in [0.5, 0.6) is 5.75 Å². The van der Waals surface area contributed by atoms with Crippen LogP contribution in [0.15, 0.2) is 82.6 Å². The van der Waals surface area contributed by atoms with E-state index in [1.807, 2.05) is 18.2 Å². The quantitative estimate of drug-likeness (QED) is 0.323. The first-order valence-electron chi connectivity index (χ1n) is 9.51. The second-order valence-electron chi connectivity index (χ2n) is 7.15. The van der Waals surface area contributed by atoms with E-state index in [0.717, 1.165) is 10.8 Å². The zero-order valence-corrected chi connectivity index (χ0v) is 17.2. The van der Waals surface area contributed by atoms with Crippen molar-refractivity contribution in [3.63, 3.8) is 0 Å². The molecule has 0 aliphatic rings. The van der Waals surface area contributed by atoms with E-state index in [2.05, 4.69) is 9.97 Å². The van der Waals surface area contributed by atoms with Gasteiger partial charge >= 0.3 is 10.1 Å². The summed E-state index contributed by atoms with van der Waals surface area (Å²) in [7, 11) is -4.16. The first-order chi connectivity index (χ1) is 15.3. The Morgan fingerprint density at radius 2 is 1.72 bits per heavy atom. The van der Waals surface area contributed by atoms with Crippen molar-refractivity contribution < 1.29 is 17.4 Å². The molecule has 0 bridgehead atoms. The van der Waals surface area contributed by atoms with Gasteiger partial charge in [-0.05, 0) is 47.2 Å². The molecule has 2 heterocycles. The zero-order valence-electron chi connectivity index (χ0n) is 16.4. The average Bonchev–Trinajstić information content (AvgIpc) is 2.78. The molecule has 0 spiro atoms. The third-order valence-corrected chi connectivity index (χ3v) is 6.41. The Balaban J connectivity index is 1.66. The molecule has 2 aromatic heterocycles. The van der Waals surface area contributed by atoms with Crippen LogP contribution < -0.4 is 15.5 Å². The summed E-state index contributed by atoms with van der Waals surface area (Å²) >= 11 is 0. The number of fused-ring (bicyclic) bond motifs is 4. The number of nitrogens with two attached hydrogens (primary N) is 1. The molecule has 1 amide bonds. The van der Waals surface area contributed by atoms with Crippen LogP contribution in [0.2, 0.25) is 0 Å². The Morgan fingerprint density at radius 3 is 2.50 bits per heavy atom. The number of carbonyl (C=O) groups excluding carboxylic acids is 1. The number of H-pyrrole nitrogens is 1. The Morgan fingerprint density at radius 1 is 0.938 bits per heavy atom. The van der Waals surface area contributed by atoms with Crippen LogP contribution in [0, 0.1) is 0 Å². The molecule has 0 aliphatic carbocycles. The number of pyridine rings is 2. The number of benzene rings is 3. The number of nitrogens with zero attached hydrogens (tertiary/aromatic N) is 1. The highest BCUT2D eigenvalue weighted by Crippen LogP contribution is 2.29. The molecule has 9 heteroatoms. The molecule has 8 nitrogen and oxygen atoms in total. The molecule has 3 N–H and O–H groups in total. The lowest BCUT2D eigenvalue weighted by Crippen LogP contribution is -2.15. The topological polar surface area (TPSA) is 132 Å². The van der Waals surface area contributed by atoms with Crippen LogP contribution in [-0.2, 0) is 10.1 Å². The van der Waals surface area contributed by atoms with Crippen molar-refractivity contribution in [3.05, 3.63) is 88.8 Å². The van der Waals surface area contributed by atoms with Gasteiger partial charge in [0.05, 0.1) is 5.56 Å². The van der Waals surface area contributed by atoms with Crippen LogP contribution >= 0.6 is 0 Å². The van der Waals surface area contributed by atoms with Gasteiger partial charge in [-0.1, -0.05) is 30.3 Å².